The van der Waals surface area contributed by atoms with Crippen LogP contribution in [0.3, 0.4) is 0 Å². The van der Waals surface area contributed by atoms with E-state index in [0.717, 1.165) is 5.56 Å². The van der Waals surface area contributed by atoms with Crippen molar-refractivity contribution in [2.45, 2.75) is 0 Å². The standard InChI is InChI=1S/C8H6N2O2/c11-10-6-8(12-9-10)7-4-2-1-3-5-7/h1-6H. The highest BCUT2D eigenvalue weighted by Gasteiger charge is 2.06. The van der Waals surface area contributed by atoms with Gasteiger partial charge >= 0.3 is 0 Å². The highest BCUT2D eigenvalue weighted by molar-refractivity contribution is 5.54. The van der Waals surface area contributed by atoms with Crippen molar-refractivity contribution in [2.24, 2.45) is 0 Å². The molecule has 1 aromatic carbocycles. The summed E-state index contributed by atoms with van der Waals surface area (Å²) in [6, 6.07) is 9.33. The predicted octanol–water partition coefficient (Wildman–Crippen LogP) is 0.975. The lowest BCUT2D eigenvalue weighted by atomic mass is 10.2. The van der Waals surface area contributed by atoms with E-state index in [4.69, 9.17) is 4.52 Å². The van der Waals surface area contributed by atoms with Crippen molar-refractivity contribution in [3.05, 3.63) is 41.7 Å². The van der Waals surface area contributed by atoms with Gasteiger partial charge in [0.25, 0.3) is 6.20 Å². The molecule has 0 aliphatic rings. The van der Waals surface area contributed by atoms with E-state index in [1.165, 1.54) is 6.20 Å². The molecule has 0 unspecified atom stereocenters. The summed E-state index contributed by atoms with van der Waals surface area (Å²) in [6.45, 7) is 0. The molecule has 0 fully saturated rings. The summed E-state index contributed by atoms with van der Waals surface area (Å²) in [5.74, 6) is 0.477. The summed E-state index contributed by atoms with van der Waals surface area (Å²) in [5.41, 5.74) is 0.847. The second-order valence-electron chi connectivity index (χ2n) is 2.33. The van der Waals surface area contributed by atoms with Gasteiger partial charge in [-0.3, -0.25) is 4.52 Å². The smallest absolute Gasteiger partial charge is 0.259 e. The fourth-order valence-corrected chi connectivity index (χ4v) is 0.961. The molecule has 0 spiro atoms. The largest absolute Gasteiger partial charge is 0.592 e. The van der Waals surface area contributed by atoms with Crippen LogP contribution < -0.4 is 4.85 Å². The Balaban J connectivity index is 2.45. The Kier molecular flexibility index (Phi) is 1.51. The minimum Gasteiger partial charge on any atom is -0.592 e. The summed E-state index contributed by atoms with van der Waals surface area (Å²) < 4.78 is 4.75. The molecule has 2 aromatic rings. The van der Waals surface area contributed by atoms with Crippen LogP contribution in [-0.2, 0) is 0 Å². The predicted molar refractivity (Wildman–Crippen MR) is 40.9 cm³/mol. The van der Waals surface area contributed by atoms with Gasteiger partial charge in [-0.2, -0.15) is 0 Å². The van der Waals surface area contributed by atoms with E-state index in [2.05, 4.69) is 5.27 Å². The molecule has 1 heterocycles. The number of aromatic nitrogens is 2. The topological polar surface area (TPSA) is 53.0 Å². The van der Waals surface area contributed by atoms with Crippen LogP contribution in [-0.4, -0.2) is 5.27 Å². The number of nitrogens with zero attached hydrogens (tertiary/aromatic N) is 2. The zero-order chi connectivity index (χ0) is 8.39. The number of benzene rings is 1. The maximum Gasteiger partial charge on any atom is 0.259 e. The van der Waals surface area contributed by atoms with Gasteiger partial charge < -0.3 is 5.21 Å². The average molecular weight is 162 g/mol. The van der Waals surface area contributed by atoms with Crippen molar-refractivity contribution < 1.29 is 9.37 Å². The highest BCUT2D eigenvalue weighted by atomic mass is 16.6. The lowest BCUT2D eigenvalue weighted by Crippen LogP contribution is -2.25. The molecule has 4 heteroatoms. The summed E-state index contributed by atoms with van der Waals surface area (Å²) >= 11 is 0. The van der Waals surface area contributed by atoms with Gasteiger partial charge in [-0.05, 0) is 4.85 Å². The van der Waals surface area contributed by atoms with E-state index in [1.807, 2.05) is 30.3 Å². The maximum absolute atomic E-state index is 10.6. The maximum atomic E-state index is 10.6. The molecule has 0 N–H and O–H groups in total. The molecule has 0 bridgehead atoms. The minimum absolute atomic E-state index is 0.391. The number of hydrogen-bond acceptors (Lipinski definition) is 3. The molecule has 12 heavy (non-hydrogen) atoms. The van der Waals surface area contributed by atoms with E-state index >= 15 is 0 Å². The van der Waals surface area contributed by atoms with Gasteiger partial charge in [-0.25, -0.2) is 0 Å². The lowest BCUT2D eigenvalue weighted by molar-refractivity contribution is -0.679. The average Bonchev–Trinajstić information content (AvgIpc) is 2.54. The molecule has 0 radical (unpaired) electrons. The molecular formula is C8H6N2O2. The van der Waals surface area contributed by atoms with Crippen LogP contribution in [0.2, 0.25) is 0 Å². The summed E-state index contributed by atoms with van der Waals surface area (Å²) in [6.07, 6.45) is 1.29. The van der Waals surface area contributed by atoms with Crippen molar-refractivity contribution in [2.75, 3.05) is 0 Å². The molecule has 2 rings (SSSR count). The molecule has 1 aromatic heterocycles. The van der Waals surface area contributed by atoms with E-state index in [9.17, 15) is 5.21 Å². The molecular weight excluding hydrogens is 156 g/mol. The molecule has 0 saturated carbocycles. The SMILES string of the molecule is [O-][n+]1cc(-c2ccccc2)on1. The highest BCUT2D eigenvalue weighted by Crippen LogP contribution is 2.14. The number of rotatable bonds is 1. The Hall–Kier alpha value is -1.84. The van der Waals surface area contributed by atoms with Crippen molar-refractivity contribution in [1.82, 2.24) is 5.27 Å². The second-order valence-corrected chi connectivity index (χ2v) is 2.33. The number of hydrogen-bond donors (Lipinski definition) is 0. The molecule has 0 atom stereocenters. The van der Waals surface area contributed by atoms with Gasteiger partial charge in [0.15, 0.2) is 0 Å². The fourth-order valence-electron chi connectivity index (χ4n) is 0.961. The van der Waals surface area contributed by atoms with Gasteiger partial charge in [0.05, 0.1) is 0 Å². The van der Waals surface area contributed by atoms with Crippen LogP contribution in [0.1, 0.15) is 0 Å². The third-order valence-corrected chi connectivity index (χ3v) is 1.51. The van der Waals surface area contributed by atoms with Crippen molar-refractivity contribution >= 4 is 0 Å². The van der Waals surface area contributed by atoms with Crippen molar-refractivity contribution in [1.29, 1.82) is 0 Å². The third kappa shape index (κ3) is 1.14. The van der Waals surface area contributed by atoms with Gasteiger partial charge in [-0.15, -0.1) is 0 Å². The van der Waals surface area contributed by atoms with Gasteiger partial charge in [0.1, 0.15) is 0 Å². The zero-order valence-electron chi connectivity index (χ0n) is 6.18. The van der Waals surface area contributed by atoms with Gasteiger partial charge in [0, 0.05) is 5.56 Å². The van der Waals surface area contributed by atoms with Crippen LogP contribution in [0, 0.1) is 5.21 Å². The van der Waals surface area contributed by atoms with E-state index in [1.54, 1.807) is 0 Å². The molecule has 60 valence electrons. The first kappa shape index (κ1) is 6.84. The Morgan fingerprint density at radius 1 is 1.25 bits per heavy atom. The first-order chi connectivity index (χ1) is 5.86. The van der Waals surface area contributed by atoms with Gasteiger partial charge in [0.2, 0.25) is 11.0 Å². The van der Waals surface area contributed by atoms with Crippen LogP contribution >= 0.6 is 0 Å². The molecule has 0 amide bonds. The Morgan fingerprint density at radius 2 is 2.00 bits per heavy atom. The molecule has 0 aliphatic heterocycles. The quantitative estimate of drug-likeness (QED) is 0.463. The molecule has 4 nitrogen and oxygen atoms in total. The van der Waals surface area contributed by atoms with E-state index in [-0.39, 0.29) is 0 Å². The fraction of sp³-hybridized carbons (Fsp3) is 0. The Morgan fingerprint density at radius 3 is 2.58 bits per heavy atom. The van der Waals surface area contributed by atoms with E-state index in [0.29, 0.717) is 10.6 Å². The van der Waals surface area contributed by atoms with Crippen molar-refractivity contribution in [3.63, 3.8) is 0 Å². The van der Waals surface area contributed by atoms with Crippen LogP contribution in [0.15, 0.2) is 41.1 Å². The zero-order valence-corrected chi connectivity index (χ0v) is 6.18. The molecule has 0 aliphatic carbocycles. The Bertz CT molecular complexity index is 370. The normalized spacial score (nSPS) is 10.0. The van der Waals surface area contributed by atoms with Gasteiger partial charge in [-0.1, -0.05) is 30.3 Å². The summed E-state index contributed by atoms with van der Waals surface area (Å²) in [7, 11) is 0. The molecule has 0 saturated heterocycles. The Labute approximate surface area is 68.6 Å². The van der Waals surface area contributed by atoms with Crippen LogP contribution in [0.25, 0.3) is 11.3 Å². The first-order valence-electron chi connectivity index (χ1n) is 3.48. The third-order valence-electron chi connectivity index (χ3n) is 1.51. The summed E-state index contributed by atoms with van der Waals surface area (Å²) in [4.78, 5) is 0.391. The van der Waals surface area contributed by atoms with E-state index < -0.39 is 0 Å². The monoisotopic (exact) mass is 162 g/mol. The van der Waals surface area contributed by atoms with Crippen LogP contribution in [0.5, 0.6) is 0 Å². The minimum atomic E-state index is 0.391. The van der Waals surface area contributed by atoms with Crippen LogP contribution in [0.4, 0.5) is 0 Å². The first-order valence-corrected chi connectivity index (χ1v) is 3.48. The summed E-state index contributed by atoms with van der Waals surface area (Å²) in [5, 5.41) is 13.8. The van der Waals surface area contributed by atoms with Crippen molar-refractivity contribution in [3.8, 4) is 11.3 Å². The lowest BCUT2D eigenvalue weighted by Gasteiger charge is -1.88. The second kappa shape index (κ2) is 2.65.